The van der Waals surface area contributed by atoms with Crippen molar-refractivity contribution in [1.29, 1.82) is 0 Å². The molecule has 0 aliphatic carbocycles. The lowest BCUT2D eigenvalue weighted by molar-refractivity contribution is -0.193. The Hall–Kier alpha value is -12.7. The van der Waals surface area contributed by atoms with E-state index in [0.717, 1.165) is 0 Å². The third-order valence-corrected chi connectivity index (χ3v) is 15.4. The molecule has 2 heterocycles. The lowest BCUT2D eigenvalue weighted by Gasteiger charge is -2.26. The summed E-state index contributed by atoms with van der Waals surface area (Å²) in [5.74, 6) is -21.6. The van der Waals surface area contributed by atoms with Gasteiger partial charge in [0.15, 0.2) is 11.9 Å². The summed E-state index contributed by atoms with van der Waals surface area (Å²) in [5, 5.41) is 70.8. The molecule has 0 radical (unpaired) electrons. The minimum atomic E-state index is -5.08. The van der Waals surface area contributed by atoms with E-state index in [9.17, 15) is 117 Å². The number of hydrogen-bond acceptors (Lipinski definition) is 20. The van der Waals surface area contributed by atoms with Gasteiger partial charge in [-0.05, 0) is 81.8 Å². The Morgan fingerprint density at radius 3 is 1.01 bits per heavy atom. The quantitative estimate of drug-likeness (QED) is 0.0151. The Morgan fingerprint density at radius 1 is 0.409 bits per heavy atom. The van der Waals surface area contributed by atoms with Crippen LogP contribution in [-0.4, -0.2) is 250 Å². The molecule has 115 heavy (non-hydrogen) atoms. The van der Waals surface area contributed by atoms with Gasteiger partial charge in [0.05, 0.1) is 32.0 Å². The molecule has 0 saturated carbocycles. The number of rotatable bonds is 30. The zero-order valence-electron chi connectivity index (χ0n) is 60.9. The van der Waals surface area contributed by atoms with E-state index in [1.165, 1.54) is 0 Å². The highest BCUT2D eigenvalue weighted by Gasteiger charge is 2.41. The van der Waals surface area contributed by atoms with Crippen molar-refractivity contribution in [2.24, 2.45) is 38.7 Å². The van der Waals surface area contributed by atoms with Crippen LogP contribution in [0.25, 0.3) is 0 Å². The Bertz CT molecular complexity index is 3650. The molecule has 640 valence electrons. The molecule has 12 amide bonds. The maximum absolute atomic E-state index is 14.1. The summed E-state index contributed by atoms with van der Waals surface area (Å²) in [6.45, 7) is -1.22. The first-order valence-corrected chi connectivity index (χ1v) is 34.4. The molecular weight excluding hydrogens is 1570 g/mol. The van der Waals surface area contributed by atoms with Gasteiger partial charge >= 0.3 is 48.4 Å². The molecule has 2 saturated heterocycles. The van der Waals surface area contributed by atoms with E-state index in [1.807, 2.05) is 0 Å². The number of aliphatic imine (C=N–C) groups is 2. The van der Waals surface area contributed by atoms with Crippen LogP contribution >= 0.6 is 0 Å². The highest BCUT2D eigenvalue weighted by molar-refractivity contribution is 6.00. The van der Waals surface area contributed by atoms with Crippen molar-refractivity contribution in [3.8, 4) is 0 Å². The number of carbonyl (C=O) groups is 17. The van der Waals surface area contributed by atoms with Crippen molar-refractivity contribution >= 4 is 113 Å². The van der Waals surface area contributed by atoms with Gasteiger partial charge in [-0.15, -0.1) is 0 Å². The maximum Gasteiger partial charge on any atom is 0.490 e. The summed E-state index contributed by atoms with van der Waals surface area (Å²) in [5.41, 5.74) is 29.1. The molecule has 0 spiro atoms. The zero-order valence-corrected chi connectivity index (χ0v) is 60.9. The number of carboxylic acids is 5. The average molecular weight is 1660 g/mol. The molecule has 41 nitrogen and oxygen atoms in total. The van der Waals surface area contributed by atoms with Crippen molar-refractivity contribution in [2.45, 2.75) is 176 Å². The van der Waals surface area contributed by atoms with E-state index in [1.54, 1.807) is 60.7 Å². The second-order valence-corrected chi connectivity index (χ2v) is 24.7. The van der Waals surface area contributed by atoms with Crippen LogP contribution in [0.3, 0.4) is 0 Å². The molecule has 0 aromatic heterocycles. The van der Waals surface area contributed by atoms with Gasteiger partial charge in [0.2, 0.25) is 70.9 Å². The van der Waals surface area contributed by atoms with E-state index in [-0.39, 0.29) is 128 Å². The summed E-state index contributed by atoms with van der Waals surface area (Å²) in [7, 11) is 0. The Kier molecular flexibility index (Phi) is 44.5. The van der Waals surface area contributed by atoms with Crippen LogP contribution in [0.2, 0.25) is 0 Å². The third kappa shape index (κ3) is 44.2. The van der Waals surface area contributed by atoms with Gasteiger partial charge in [-0.3, -0.25) is 77.1 Å². The molecular formula is C65H90F9N19O22. The van der Waals surface area contributed by atoms with Gasteiger partial charge in [-0.1, -0.05) is 60.7 Å². The number of halogens is 9. The van der Waals surface area contributed by atoms with Gasteiger partial charge in [-0.2, -0.15) is 39.5 Å². The minimum Gasteiger partial charge on any atom is -0.481 e. The van der Waals surface area contributed by atoms with E-state index >= 15 is 0 Å². The lowest BCUT2D eigenvalue weighted by atomic mass is 10.0. The lowest BCUT2D eigenvalue weighted by Crippen LogP contribution is -2.58. The first-order chi connectivity index (χ1) is 53.6. The fourth-order valence-corrected chi connectivity index (χ4v) is 9.70. The van der Waals surface area contributed by atoms with E-state index in [4.69, 9.17) is 58.4 Å². The van der Waals surface area contributed by atoms with Crippen molar-refractivity contribution < 1.29 is 147 Å². The number of unbranched alkanes of at least 4 members (excludes halogenated alkanes) is 2. The predicted octanol–water partition coefficient (Wildman–Crippen LogP) is -4.75. The number of hydrogen-bond donors (Lipinski definition) is 22. The molecule has 50 heteroatoms. The summed E-state index contributed by atoms with van der Waals surface area (Å²) in [6, 6.07) is 4.29. The summed E-state index contributed by atoms with van der Waals surface area (Å²) >= 11 is 0. The van der Waals surface area contributed by atoms with Crippen molar-refractivity contribution in [2.75, 3.05) is 39.3 Å². The standard InChI is InChI=1S/C59H87N19O16.3C2HF3O2/c60-35(49(86)66-24-10-8-18-39-53(90)74-37(20-12-26-68-59(63)64)51(88)70-32-46(81)72-43(30-48(84)85)57(94)78-41(55(92)76-39)28-34-15-5-2-6-16-34)21-22-44(79)65-23-9-7-17-38-52(89)73-36(19-11-25-67-58(61)62)50(87)69-31-45(80)71-42(29-47(82)83)56(93)77-40(54(91)75-38)27-33-13-3-1-4-14-33;3*3-2(4,5)1(6)7/h1-6,13-16,35-43H,7-12,17-32,60H2,(H,65,79)(H,66,86)(H,69,87)(H,70,88)(H,71,80)(H,72,81)(H,73,89)(H,74,90)(H,75,91)(H,76,92)(H,77,93)(H,78,94)(H,82,83)(H,84,85)(H4,61,62,67)(H4,63,64,68);3*(H,6,7)/t35-,36-,37-,38-,39-,40+,41+,42-,43-;;;/m0.../s1. The normalized spacial score (nSPS) is 19.7. The van der Waals surface area contributed by atoms with Gasteiger partial charge in [0.1, 0.15) is 48.3 Å². The molecule has 2 aromatic rings. The number of carboxylic acid groups (broad SMARTS) is 5. The van der Waals surface area contributed by atoms with Crippen LogP contribution in [0.4, 0.5) is 39.5 Å². The van der Waals surface area contributed by atoms with Gasteiger partial charge in [0, 0.05) is 45.4 Å². The molecule has 2 aliphatic heterocycles. The second-order valence-electron chi connectivity index (χ2n) is 24.7. The molecule has 0 unspecified atom stereocenters. The molecule has 27 N–H and O–H groups in total. The summed E-state index contributed by atoms with van der Waals surface area (Å²) in [6.07, 6.45) is -16.6. The molecule has 9 atom stereocenters. The SMILES string of the molecule is NC(N)=NCCC[C@@H]1NC(=O)[C@H](CCCCNC(=O)CC[C@H](N)C(=O)NCCCC[C@@H]2NC(=O)[C@@H](Cc3ccccc3)NC(=O)[C@H](CC(=O)O)NC(=O)CNC(=O)[C@H](CCCN=C(N)N)NC2=O)NC(=O)[C@@H](Cc2ccccc2)NC(=O)[C@H](CC(=O)O)NC(=O)CNC1=O.O=C(O)C(F)(F)F.O=C(O)C(F)(F)F.O=C(O)C(F)(F)F. The Balaban J connectivity index is 0.00000275. The number of nitrogens with two attached hydrogens (primary N) is 5. The van der Waals surface area contributed by atoms with Crippen LogP contribution in [0.15, 0.2) is 70.6 Å². The largest absolute Gasteiger partial charge is 0.490 e. The first-order valence-electron chi connectivity index (χ1n) is 34.4. The van der Waals surface area contributed by atoms with Crippen LogP contribution in [0, 0.1) is 0 Å². The topological polar surface area (TPSA) is 691 Å². The minimum absolute atomic E-state index is 0.0241. The predicted molar refractivity (Wildman–Crippen MR) is 378 cm³/mol. The van der Waals surface area contributed by atoms with E-state index < -0.39 is 200 Å². The number of alkyl halides is 9. The molecule has 2 aliphatic rings. The van der Waals surface area contributed by atoms with Gasteiger partial charge < -0.3 is 118 Å². The number of amides is 12. The third-order valence-electron chi connectivity index (χ3n) is 15.4. The summed E-state index contributed by atoms with van der Waals surface area (Å²) in [4.78, 5) is 221. The monoisotopic (exact) mass is 1660 g/mol. The van der Waals surface area contributed by atoms with Gasteiger partial charge in [0.25, 0.3) is 0 Å². The smallest absolute Gasteiger partial charge is 0.481 e. The second kappa shape index (κ2) is 51.0. The molecule has 2 aromatic carbocycles. The van der Waals surface area contributed by atoms with Crippen LogP contribution in [0.1, 0.15) is 101 Å². The number of nitrogens with zero attached hydrogens (tertiary/aromatic N) is 2. The average Bonchev–Trinajstić information content (AvgIpc) is 1.28. The van der Waals surface area contributed by atoms with Crippen molar-refractivity contribution in [3.05, 3.63) is 71.8 Å². The zero-order chi connectivity index (χ0) is 87.3. The Morgan fingerprint density at radius 2 is 0.696 bits per heavy atom. The first kappa shape index (κ1) is 100. The fraction of sp³-hybridized carbons (Fsp3) is 0.523. The van der Waals surface area contributed by atoms with E-state index in [0.29, 0.717) is 11.1 Å². The van der Waals surface area contributed by atoms with Crippen LogP contribution in [-0.2, 0) is 94.3 Å². The highest BCUT2D eigenvalue weighted by atomic mass is 19.4. The highest BCUT2D eigenvalue weighted by Crippen LogP contribution is 2.17. The molecule has 4 rings (SSSR count). The van der Waals surface area contributed by atoms with Crippen LogP contribution in [0.5, 0.6) is 0 Å². The van der Waals surface area contributed by atoms with E-state index in [2.05, 4.69) is 73.8 Å². The number of guanidine groups is 2. The Labute approximate surface area is 646 Å². The number of nitrogens with one attached hydrogen (secondary N) is 12. The van der Waals surface area contributed by atoms with Gasteiger partial charge in [-0.25, -0.2) is 14.4 Å². The van der Waals surface area contributed by atoms with Crippen molar-refractivity contribution in [3.63, 3.8) is 0 Å². The van der Waals surface area contributed by atoms with Crippen molar-refractivity contribution in [1.82, 2.24) is 63.8 Å². The fourth-order valence-electron chi connectivity index (χ4n) is 9.70. The summed E-state index contributed by atoms with van der Waals surface area (Å²) < 4.78 is 95.2. The van der Waals surface area contributed by atoms with Crippen LogP contribution < -0.4 is 92.5 Å². The maximum atomic E-state index is 14.1. The number of aliphatic carboxylic acids is 5. The molecule has 2 fully saturated rings. The number of benzene rings is 2. The number of carbonyl (C=O) groups excluding carboxylic acids is 12. The molecule has 0 bridgehead atoms.